The second kappa shape index (κ2) is 5.81. The molecule has 1 aromatic carbocycles. The van der Waals surface area contributed by atoms with E-state index in [4.69, 9.17) is 5.11 Å². The molecule has 2 heteroatoms. The highest BCUT2D eigenvalue weighted by Gasteiger charge is 1.91. The number of phenols is 1. The Morgan fingerprint density at radius 1 is 1.00 bits per heavy atom. The van der Waals surface area contributed by atoms with Crippen molar-refractivity contribution in [3.63, 3.8) is 0 Å². The van der Waals surface area contributed by atoms with E-state index in [0.29, 0.717) is 5.75 Å². The second-order valence-corrected chi connectivity index (χ2v) is 3.31. The molecular formula is C13H15NO. The summed E-state index contributed by atoms with van der Waals surface area (Å²) in [6.45, 7) is 3.84. The summed E-state index contributed by atoms with van der Waals surface area (Å²) in [6.07, 6.45) is 3.50. The van der Waals surface area contributed by atoms with Crippen molar-refractivity contribution in [2.75, 3.05) is 0 Å². The Kier molecular flexibility index (Phi) is 4.35. The summed E-state index contributed by atoms with van der Waals surface area (Å²) in [5.41, 5.74) is 2.03. The van der Waals surface area contributed by atoms with Gasteiger partial charge in [0.25, 0.3) is 0 Å². The Labute approximate surface area is 90.2 Å². The van der Waals surface area contributed by atoms with Gasteiger partial charge in [-0.25, -0.2) is 0 Å². The van der Waals surface area contributed by atoms with Crippen molar-refractivity contribution in [3.8, 4) is 5.75 Å². The molecule has 0 amide bonds. The third kappa shape index (κ3) is 4.27. The van der Waals surface area contributed by atoms with Crippen LogP contribution >= 0.6 is 0 Å². The van der Waals surface area contributed by atoms with Gasteiger partial charge in [-0.3, -0.25) is 4.98 Å². The van der Waals surface area contributed by atoms with Crippen molar-refractivity contribution in [2.45, 2.75) is 13.8 Å². The molecule has 1 aromatic heterocycles. The lowest BCUT2D eigenvalue weighted by molar-refractivity contribution is 0.470. The van der Waals surface area contributed by atoms with Crippen LogP contribution in [0.15, 0.2) is 48.8 Å². The van der Waals surface area contributed by atoms with E-state index < -0.39 is 0 Å². The van der Waals surface area contributed by atoms with Crippen LogP contribution < -0.4 is 0 Å². The van der Waals surface area contributed by atoms with Crippen molar-refractivity contribution >= 4 is 0 Å². The lowest BCUT2D eigenvalue weighted by Crippen LogP contribution is -1.74. The minimum Gasteiger partial charge on any atom is -0.508 e. The van der Waals surface area contributed by atoms with Crippen LogP contribution in [0.2, 0.25) is 0 Å². The third-order valence-corrected chi connectivity index (χ3v) is 1.93. The first-order valence-corrected chi connectivity index (χ1v) is 4.81. The van der Waals surface area contributed by atoms with E-state index in [-0.39, 0.29) is 0 Å². The number of benzene rings is 1. The van der Waals surface area contributed by atoms with Crippen molar-refractivity contribution in [3.05, 3.63) is 59.9 Å². The molecule has 1 N–H and O–H groups in total. The molecule has 0 spiro atoms. The van der Waals surface area contributed by atoms with E-state index >= 15 is 0 Å². The molecule has 2 nitrogen and oxygen atoms in total. The summed E-state index contributed by atoms with van der Waals surface area (Å²) in [4.78, 5) is 3.78. The highest BCUT2D eigenvalue weighted by Crippen LogP contribution is 2.15. The van der Waals surface area contributed by atoms with Crippen LogP contribution in [0.4, 0.5) is 0 Å². The maximum atomic E-state index is 9.10. The van der Waals surface area contributed by atoms with Crippen molar-refractivity contribution in [1.82, 2.24) is 4.98 Å². The average Bonchev–Trinajstić information content (AvgIpc) is 2.27. The van der Waals surface area contributed by atoms with Crippen molar-refractivity contribution in [2.24, 2.45) is 0 Å². The van der Waals surface area contributed by atoms with Gasteiger partial charge in [0.2, 0.25) is 0 Å². The maximum absolute atomic E-state index is 9.10. The van der Waals surface area contributed by atoms with E-state index in [1.54, 1.807) is 18.5 Å². The summed E-state index contributed by atoms with van der Waals surface area (Å²) >= 11 is 0. The van der Waals surface area contributed by atoms with Gasteiger partial charge in [0, 0.05) is 12.4 Å². The van der Waals surface area contributed by atoms with Gasteiger partial charge < -0.3 is 5.11 Å². The molecule has 0 aliphatic heterocycles. The number of rotatable bonds is 0. The van der Waals surface area contributed by atoms with Gasteiger partial charge in [-0.1, -0.05) is 18.2 Å². The van der Waals surface area contributed by atoms with E-state index in [9.17, 15) is 0 Å². The fourth-order valence-electron chi connectivity index (χ4n) is 1.03. The number of hydrogen-bond acceptors (Lipinski definition) is 2. The molecule has 2 aromatic rings. The van der Waals surface area contributed by atoms with Gasteiger partial charge in [0.15, 0.2) is 0 Å². The van der Waals surface area contributed by atoms with E-state index in [0.717, 1.165) is 11.1 Å². The number of aryl methyl sites for hydroxylation is 2. The van der Waals surface area contributed by atoms with Crippen molar-refractivity contribution < 1.29 is 5.11 Å². The summed E-state index contributed by atoms with van der Waals surface area (Å²) in [6, 6.07) is 11.4. The zero-order valence-corrected chi connectivity index (χ0v) is 9.01. The van der Waals surface area contributed by atoms with Crippen LogP contribution in [-0.2, 0) is 0 Å². The number of aromatic hydroxyl groups is 1. The van der Waals surface area contributed by atoms with Crippen LogP contribution in [0.1, 0.15) is 11.1 Å². The summed E-state index contributed by atoms with van der Waals surface area (Å²) in [7, 11) is 0. The SMILES string of the molecule is Cc1ccc(C)c(O)c1.c1ccncc1. The molecule has 0 atom stereocenters. The first-order chi connectivity index (χ1) is 7.20. The first-order valence-electron chi connectivity index (χ1n) is 4.81. The van der Waals surface area contributed by atoms with E-state index in [2.05, 4.69) is 4.98 Å². The molecule has 0 radical (unpaired) electrons. The quantitative estimate of drug-likeness (QED) is 0.710. The molecule has 2 rings (SSSR count). The van der Waals surface area contributed by atoms with E-state index in [1.807, 2.05) is 44.2 Å². The van der Waals surface area contributed by atoms with Gasteiger partial charge in [-0.2, -0.15) is 0 Å². The summed E-state index contributed by atoms with van der Waals surface area (Å²) in [5.74, 6) is 0.384. The third-order valence-electron chi connectivity index (χ3n) is 1.93. The van der Waals surface area contributed by atoms with Gasteiger partial charge in [-0.15, -0.1) is 0 Å². The number of aromatic nitrogens is 1. The largest absolute Gasteiger partial charge is 0.508 e. The zero-order valence-electron chi connectivity index (χ0n) is 9.01. The minimum absolute atomic E-state index is 0.384. The fourth-order valence-corrected chi connectivity index (χ4v) is 1.03. The molecule has 0 saturated heterocycles. The first kappa shape index (κ1) is 11.2. The predicted molar refractivity (Wildman–Crippen MR) is 61.8 cm³/mol. The molecule has 0 bridgehead atoms. The number of phenolic OH excluding ortho intramolecular Hbond substituents is 1. The van der Waals surface area contributed by atoms with Crippen molar-refractivity contribution in [1.29, 1.82) is 0 Å². The highest BCUT2D eigenvalue weighted by molar-refractivity contribution is 5.34. The summed E-state index contributed by atoms with van der Waals surface area (Å²) < 4.78 is 0. The number of hydrogen-bond donors (Lipinski definition) is 1. The molecule has 1 heterocycles. The van der Waals surface area contributed by atoms with Crippen LogP contribution in [0.3, 0.4) is 0 Å². The Morgan fingerprint density at radius 2 is 1.67 bits per heavy atom. The number of nitrogens with zero attached hydrogens (tertiary/aromatic N) is 1. The van der Waals surface area contributed by atoms with Crippen LogP contribution in [0.25, 0.3) is 0 Å². The standard InChI is InChI=1S/C8H10O.C5H5N/c1-6-3-4-7(2)8(9)5-6;1-2-4-6-5-3-1/h3-5,9H,1-2H3;1-5H. The molecule has 15 heavy (non-hydrogen) atoms. The molecule has 0 unspecified atom stereocenters. The van der Waals surface area contributed by atoms with Crippen LogP contribution in [-0.4, -0.2) is 10.1 Å². The molecule has 78 valence electrons. The van der Waals surface area contributed by atoms with Gasteiger partial charge in [0.1, 0.15) is 5.75 Å². The Hall–Kier alpha value is -1.83. The highest BCUT2D eigenvalue weighted by atomic mass is 16.3. The predicted octanol–water partition coefficient (Wildman–Crippen LogP) is 3.09. The summed E-state index contributed by atoms with van der Waals surface area (Å²) in [5, 5.41) is 9.10. The Morgan fingerprint density at radius 3 is 2.00 bits per heavy atom. The Bertz CT molecular complexity index is 372. The molecule has 0 saturated carbocycles. The monoisotopic (exact) mass is 201 g/mol. The molecule has 0 aliphatic rings. The van der Waals surface area contributed by atoms with E-state index in [1.165, 1.54) is 0 Å². The zero-order chi connectivity index (χ0) is 11.1. The van der Waals surface area contributed by atoms with Gasteiger partial charge in [-0.05, 0) is 43.2 Å². The minimum atomic E-state index is 0.384. The average molecular weight is 201 g/mol. The fraction of sp³-hybridized carbons (Fsp3) is 0.154. The van der Waals surface area contributed by atoms with Crippen LogP contribution in [0, 0.1) is 13.8 Å². The topological polar surface area (TPSA) is 33.1 Å². The lowest BCUT2D eigenvalue weighted by Gasteiger charge is -1.97. The lowest BCUT2D eigenvalue weighted by atomic mass is 10.1. The normalized spacial score (nSPS) is 8.93. The van der Waals surface area contributed by atoms with Gasteiger partial charge in [0.05, 0.1) is 0 Å². The maximum Gasteiger partial charge on any atom is 0.118 e. The molecule has 0 aliphatic carbocycles. The van der Waals surface area contributed by atoms with Gasteiger partial charge >= 0.3 is 0 Å². The smallest absolute Gasteiger partial charge is 0.118 e. The molecule has 0 fully saturated rings. The van der Waals surface area contributed by atoms with Crippen LogP contribution in [0.5, 0.6) is 5.75 Å². The molecular weight excluding hydrogens is 186 g/mol. The number of pyridine rings is 1. The second-order valence-electron chi connectivity index (χ2n) is 3.31. The Balaban J connectivity index is 0.000000162.